The number of hydrogen-bond donors (Lipinski definition) is 1. The molecule has 7 heteroatoms. The first-order valence-electron chi connectivity index (χ1n) is 7.17. The second-order valence-electron chi connectivity index (χ2n) is 5.23. The summed E-state index contributed by atoms with van der Waals surface area (Å²) >= 11 is 0. The van der Waals surface area contributed by atoms with Crippen LogP contribution in [0, 0.1) is 11.6 Å². The van der Waals surface area contributed by atoms with Gasteiger partial charge in [-0.3, -0.25) is 19.3 Å². The predicted molar refractivity (Wildman–Crippen MR) is 81.4 cm³/mol. The Balaban J connectivity index is 1.64. The number of fused-ring (bicyclic) bond motifs is 1. The van der Waals surface area contributed by atoms with Crippen LogP contribution in [0.3, 0.4) is 0 Å². The van der Waals surface area contributed by atoms with Crippen molar-refractivity contribution in [3.8, 4) is 0 Å². The molecule has 1 N–H and O–H groups in total. The lowest BCUT2D eigenvalue weighted by molar-refractivity contribution is -0.116. The summed E-state index contributed by atoms with van der Waals surface area (Å²) in [6, 6.07) is 9.01. The van der Waals surface area contributed by atoms with E-state index < -0.39 is 29.4 Å². The largest absolute Gasteiger partial charge is 0.326 e. The molecule has 0 bridgehead atoms. The number of rotatable bonds is 4. The van der Waals surface area contributed by atoms with Gasteiger partial charge in [-0.25, -0.2) is 8.78 Å². The molecule has 3 rings (SSSR count). The third-order valence-corrected chi connectivity index (χ3v) is 3.64. The lowest BCUT2D eigenvalue weighted by atomic mass is 10.1. The Morgan fingerprint density at radius 2 is 1.71 bits per heavy atom. The van der Waals surface area contributed by atoms with E-state index in [2.05, 4.69) is 5.32 Å². The fourth-order valence-electron chi connectivity index (χ4n) is 2.47. The molecule has 0 atom stereocenters. The van der Waals surface area contributed by atoms with E-state index in [0.29, 0.717) is 5.69 Å². The number of nitrogens with one attached hydrogen (secondary N) is 1. The van der Waals surface area contributed by atoms with Gasteiger partial charge in [0.1, 0.15) is 11.6 Å². The third kappa shape index (κ3) is 2.88. The van der Waals surface area contributed by atoms with E-state index in [4.69, 9.17) is 0 Å². The van der Waals surface area contributed by atoms with Crippen LogP contribution < -0.4 is 5.32 Å². The minimum absolute atomic E-state index is 0.000979. The molecule has 0 saturated heterocycles. The molecule has 2 aromatic carbocycles. The van der Waals surface area contributed by atoms with Crippen molar-refractivity contribution in [3.05, 3.63) is 65.2 Å². The first kappa shape index (κ1) is 15.8. The van der Waals surface area contributed by atoms with Gasteiger partial charge in [-0.1, -0.05) is 6.07 Å². The number of carbonyl (C=O) groups is 3. The second-order valence-corrected chi connectivity index (χ2v) is 5.23. The molecule has 0 saturated carbocycles. The van der Waals surface area contributed by atoms with Crippen molar-refractivity contribution in [1.29, 1.82) is 0 Å². The van der Waals surface area contributed by atoms with Crippen molar-refractivity contribution in [3.63, 3.8) is 0 Å². The van der Waals surface area contributed by atoms with E-state index in [0.717, 1.165) is 11.0 Å². The van der Waals surface area contributed by atoms with Gasteiger partial charge in [0.25, 0.3) is 11.8 Å². The Bertz CT molecular complexity index is 834. The Labute approximate surface area is 135 Å². The molecular formula is C17H12F2N2O3. The SMILES string of the molecule is O=C(CCN1C(=O)c2cccc(F)c2C1=O)Nc1ccc(F)cc1. The van der Waals surface area contributed by atoms with Crippen LogP contribution in [-0.2, 0) is 4.79 Å². The molecule has 0 radical (unpaired) electrons. The van der Waals surface area contributed by atoms with Crippen molar-refractivity contribution >= 4 is 23.4 Å². The zero-order valence-electron chi connectivity index (χ0n) is 12.4. The molecule has 0 aliphatic carbocycles. The highest BCUT2D eigenvalue weighted by atomic mass is 19.1. The molecule has 5 nitrogen and oxygen atoms in total. The van der Waals surface area contributed by atoms with Crippen LogP contribution >= 0.6 is 0 Å². The van der Waals surface area contributed by atoms with Crippen LogP contribution in [0.25, 0.3) is 0 Å². The fraction of sp³-hybridized carbons (Fsp3) is 0.118. The molecule has 1 heterocycles. The van der Waals surface area contributed by atoms with E-state index >= 15 is 0 Å². The molecule has 0 fully saturated rings. The Morgan fingerprint density at radius 1 is 1.00 bits per heavy atom. The van der Waals surface area contributed by atoms with Gasteiger partial charge < -0.3 is 5.32 Å². The monoisotopic (exact) mass is 330 g/mol. The topological polar surface area (TPSA) is 66.5 Å². The van der Waals surface area contributed by atoms with Crippen molar-refractivity contribution in [2.75, 3.05) is 11.9 Å². The standard InChI is InChI=1S/C17H12F2N2O3/c18-10-4-6-11(7-5-10)20-14(22)8-9-21-16(23)12-2-1-3-13(19)15(12)17(21)24/h1-7H,8-9H2,(H,20,22). The summed E-state index contributed by atoms with van der Waals surface area (Å²) in [5.74, 6) is -3.00. The summed E-state index contributed by atoms with van der Waals surface area (Å²) in [5.41, 5.74) is 0.134. The summed E-state index contributed by atoms with van der Waals surface area (Å²) < 4.78 is 26.5. The summed E-state index contributed by atoms with van der Waals surface area (Å²) in [5, 5.41) is 2.53. The van der Waals surface area contributed by atoms with Crippen LogP contribution in [0.5, 0.6) is 0 Å². The van der Waals surface area contributed by atoms with Crippen LogP contribution in [0.15, 0.2) is 42.5 Å². The maximum Gasteiger partial charge on any atom is 0.264 e. The van der Waals surface area contributed by atoms with Crippen LogP contribution in [-0.4, -0.2) is 29.2 Å². The quantitative estimate of drug-likeness (QED) is 0.876. The third-order valence-electron chi connectivity index (χ3n) is 3.64. The predicted octanol–water partition coefficient (Wildman–Crippen LogP) is 2.59. The minimum Gasteiger partial charge on any atom is -0.326 e. The van der Waals surface area contributed by atoms with Gasteiger partial charge in [0.15, 0.2) is 0 Å². The van der Waals surface area contributed by atoms with Gasteiger partial charge in [-0.15, -0.1) is 0 Å². The average molecular weight is 330 g/mol. The smallest absolute Gasteiger partial charge is 0.264 e. The first-order chi connectivity index (χ1) is 11.5. The van der Waals surface area contributed by atoms with E-state index in [9.17, 15) is 23.2 Å². The zero-order valence-corrected chi connectivity index (χ0v) is 12.4. The van der Waals surface area contributed by atoms with Crippen LogP contribution in [0.1, 0.15) is 27.1 Å². The maximum atomic E-state index is 13.7. The van der Waals surface area contributed by atoms with Crippen molar-refractivity contribution in [2.45, 2.75) is 6.42 Å². The van der Waals surface area contributed by atoms with Gasteiger partial charge in [0, 0.05) is 18.7 Å². The van der Waals surface area contributed by atoms with Gasteiger partial charge >= 0.3 is 0 Å². The van der Waals surface area contributed by atoms with E-state index in [1.807, 2.05) is 0 Å². The van der Waals surface area contributed by atoms with Crippen molar-refractivity contribution in [2.24, 2.45) is 0 Å². The Kier molecular flexibility index (Phi) is 4.07. The Morgan fingerprint density at radius 3 is 2.38 bits per heavy atom. The fourth-order valence-corrected chi connectivity index (χ4v) is 2.47. The number of amides is 3. The van der Waals surface area contributed by atoms with E-state index in [-0.39, 0.29) is 24.1 Å². The number of halogens is 2. The number of imide groups is 1. The van der Waals surface area contributed by atoms with Crippen LogP contribution in [0.4, 0.5) is 14.5 Å². The number of nitrogens with zero attached hydrogens (tertiary/aromatic N) is 1. The average Bonchev–Trinajstić information content (AvgIpc) is 2.80. The highest BCUT2D eigenvalue weighted by Crippen LogP contribution is 2.25. The molecule has 1 aliphatic rings. The lowest BCUT2D eigenvalue weighted by Gasteiger charge is -2.13. The van der Waals surface area contributed by atoms with E-state index in [1.165, 1.54) is 36.4 Å². The summed E-state index contributed by atoms with van der Waals surface area (Å²) in [7, 11) is 0. The first-order valence-corrected chi connectivity index (χ1v) is 7.17. The molecule has 24 heavy (non-hydrogen) atoms. The summed E-state index contributed by atoms with van der Waals surface area (Å²) in [4.78, 5) is 37.0. The minimum atomic E-state index is -0.760. The summed E-state index contributed by atoms with van der Waals surface area (Å²) in [6.07, 6.45) is -0.148. The second kappa shape index (κ2) is 6.19. The molecule has 0 spiro atoms. The lowest BCUT2D eigenvalue weighted by Crippen LogP contribution is -2.33. The van der Waals surface area contributed by atoms with Gasteiger partial charge in [-0.2, -0.15) is 0 Å². The number of hydrogen-bond acceptors (Lipinski definition) is 3. The maximum absolute atomic E-state index is 13.7. The number of benzene rings is 2. The molecule has 0 aromatic heterocycles. The molecule has 1 aliphatic heterocycles. The molecular weight excluding hydrogens is 318 g/mol. The van der Waals surface area contributed by atoms with Gasteiger partial charge in [0.2, 0.25) is 5.91 Å². The Hall–Kier alpha value is -3.09. The molecule has 3 amide bonds. The number of anilines is 1. The summed E-state index contributed by atoms with van der Waals surface area (Å²) in [6.45, 7) is -0.168. The van der Waals surface area contributed by atoms with Gasteiger partial charge in [-0.05, 0) is 36.4 Å². The van der Waals surface area contributed by atoms with E-state index in [1.54, 1.807) is 0 Å². The van der Waals surface area contributed by atoms with Crippen LogP contribution in [0.2, 0.25) is 0 Å². The van der Waals surface area contributed by atoms with Crippen molar-refractivity contribution in [1.82, 2.24) is 4.90 Å². The highest BCUT2D eigenvalue weighted by molar-refractivity contribution is 6.21. The number of carbonyl (C=O) groups excluding carboxylic acids is 3. The molecule has 122 valence electrons. The zero-order chi connectivity index (χ0) is 17.3. The highest BCUT2D eigenvalue weighted by Gasteiger charge is 2.37. The molecule has 0 unspecified atom stereocenters. The van der Waals surface area contributed by atoms with Crippen molar-refractivity contribution < 1.29 is 23.2 Å². The normalized spacial score (nSPS) is 13.2. The van der Waals surface area contributed by atoms with Gasteiger partial charge in [0.05, 0.1) is 11.1 Å². The molecule has 2 aromatic rings.